The largest absolute Gasteiger partial charge is 0.462 e. The lowest BCUT2D eigenvalue weighted by Gasteiger charge is -2.18. The zero-order chi connectivity index (χ0) is 50.6. The topological polar surface area (TPSA) is 61.8 Å². The Morgan fingerprint density at radius 3 is 1.03 bits per heavy atom. The number of allylic oxidation sites excluding steroid dienone is 16. The van der Waals surface area contributed by atoms with Gasteiger partial charge < -0.3 is 14.2 Å². The number of carbonyl (C=O) groups excluding carboxylic acids is 2. The van der Waals surface area contributed by atoms with Gasteiger partial charge in [0.15, 0.2) is 6.10 Å². The molecule has 0 spiro atoms. The Balaban J connectivity index is 4.32. The van der Waals surface area contributed by atoms with Crippen LogP contribution in [0, 0.1) is 0 Å². The Kier molecular flexibility index (Phi) is 57.4. The standard InChI is InChI=1S/C65H112O5/c1-4-7-10-13-16-19-22-25-28-30-32-34-36-39-42-45-48-51-54-57-60-68-61-63(70-65(67)59-56-53-50-47-44-41-37-27-24-21-18-15-12-9-6-3)62-69-64(66)58-55-52-49-46-43-40-38-35-33-31-29-26-23-20-17-14-11-8-5-2/h8,11,16-21,25-29,33,35,37,63H,4-7,9-10,12-15,22-24,30-32,34,36,38-62H2,1-3H3/b11-8-,19-16-,20-17-,21-18-,28-25-,29-26-,35-33-,37-27-. The lowest BCUT2D eigenvalue weighted by Crippen LogP contribution is -2.30. The SMILES string of the molecule is CC/C=C\C/C=C\C/C=C\C/C=C\CCCCCCCCC(=O)OCC(COCCCCCCCCCCCC/C=C\C/C=C\CCCCC)OC(=O)CCCCCCC/C=C\C/C=C\CCCCC. The van der Waals surface area contributed by atoms with Gasteiger partial charge in [0.1, 0.15) is 6.61 Å². The molecule has 0 fully saturated rings. The van der Waals surface area contributed by atoms with Crippen LogP contribution in [0.1, 0.15) is 278 Å². The molecule has 0 aromatic carbocycles. The van der Waals surface area contributed by atoms with Crippen LogP contribution in [-0.2, 0) is 23.8 Å². The minimum atomic E-state index is -0.558. The zero-order valence-corrected chi connectivity index (χ0v) is 46.3. The second-order valence-electron chi connectivity index (χ2n) is 19.5. The predicted molar refractivity (Wildman–Crippen MR) is 306 cm³/mol. The molecule has 0 aliphatic carbocycles. The average molecular weight is 974 g/mol. The second kappa shape index (κ2) is 60.1. The first-order valence-electron chi connectivity index (χ1n) is 29.8. The second-order valence-corrected chi connectivity index (χ2v) is 19.5. The van der Waals surface area contributed by atoms with Gasteiger partial charge in [-0.05, 0) is 122 Å². The van der Waals surface area contributed by atoms with Gasteiger partial charge in [-0.25, -0.2) is 0 Å². The van der Waals surface area contributed by atoms with Gasteiger partial charge >= 0.3 is 11.9 Å². The number of rotatable bonds is 54. The van der Waals surface area contributed by atoms with E-state index in [1.165, 1.54) is 141 Å². The molecule has 0 saturated carbocycles. The first-order chi connectivity index (χ1) is 34.6. The molecular weight excluding hydrogens is 861 g/mol. The molecule has 0 aromatic rings. The van der Waals surface area contributed by atoms with Crippen molar-refractivity contribution in [2.24, 2.45) is 0 Å². The van der Waals surface area contributed by atoms with Gasteiger partial charge in [-0.3, -0.25) is 9.59 Å². The minimum absolute atomic E-state index is 0.0671. The predicted octanol–water partition coefficient (Wildman–Crippen LogP) is 20.6. The number of carbonyl (C=O) groups is 2. The fourth-order valence-electron chi connectivity index (χ4n) is 8.15. The zero-order valence-electron chi connectivity index (χ0n) is 46.3. The molecule has 0 N–H and O–H groups in total. The van der Waals surface area contributed by atoms with Gasteiger partial charge in [-0.15, -0.1) is 0 Å². The molecule has 0 aromatic heterocycles. The summed E-state index contributed by atoms with van der Waals surface area (Å²) in [4.78, 5) is 25.6. The molecule has 5 nitrogen and oxygen atoms in total. The molecule has 0 bridgehead atoms. The molecule has 0 amide bonds. The summed E-state index contributed by atoms with van der Waals surface area (Å²) in [7, 11) is 0. The molecular formula is C65H112O5. The summed E-state index contributed by atoms with van der Waals surface area (Å²) in [5.74, 6) is -0.427. The van der Waals surface area contributed by atoms with E-state index in [1.54, 1.807) is 0 Å². The van der Waals surface area contributed by atoms with Crippen molar-refractivity contribution in [2.75, 3.05) is 19.8 Å². The Bertz CT molecular complexity index is 1330. The number of hydrogen-bond acceptors (Lipinski definition) is 5. The molecule has 0 heterocycles. The molecule has 5 heteroatoms. The first kappa shape index (κ1) is 66.8. The van der Waals surface area contributed by atoms with Crippen LogP contribution in [-0.4, -0.2) is 37.9 Å². The van der Waals surface area contributed by atoms with E-state index in [1.807, 2.05) is 0 Å². The van der Waals surface area contributed by atoms with Crippen LogP contribution < -0.4 is 0 Å². The van der Waals surface area contributed by atoms with E-state index in [0.717, 1.165) is 103 Å². The molecule has 70 heavy (non-hydrogen) atoms. The number of esters is 2. The average Bonchev–Trinajstić information content (AvgIpc) is 3.36. The molecule has 0 rings (SSSR count). The van der Waals surface area contributed by atoms with Crippen molar-refractivity contribution in [3.05, 3.63) is 97.2 Å². The van der Waals surface area contributed by atoms with Crippen LogP contribution in [0.2, 0.25) is 0 Å². The van der Waals surface area contributed by atoms with E-state index in [-0.39, 0.29) is 25.2 Å². The third-order valence-corrected chi connectivity index (χ3v) is 12.6. The fourth-order valence-corrected chi connectivity index (χ4v) is 8.15. The highest BCUT2D eigenvalue weighted by Gasteiger charge is 2.17. The normalized spacial score (nSPS) is 12.9. The van der Waals surface area contributed by atoms with Crippen molar-refractivity contribution in [3.8, 4) is 0 Å². The van der Waals surface area contributed by atoms with E-state index < -0.39 is 6.10 Å². The van der Waals surface area contributed by atoms with Crippen LogP contribution in [0.5, 0.6) is 0 Å². The van der Waals surface area contributed by atoms with Gasteiger partial charge in [-0.2, -0.15) is 0 Å². The Morgan fingerprint density at radius 2 is 0.643 bits per heavy atom. The molecule has 1 unspecified atom stereocenters. The summed E-state index contributed by atoms with van der Waals surface area (Å²) in [6.07, 6.45) is 81.4. The monoisotopic (exact) mass is 973 g/mol. The third-order valence-electron chi connectivity index (χ3n) is 12.6. The van der Waals surface area contributed by atoms with Gasteiger partial charge in [0, 0.05) is 19.4 Å². The van der Waals surface area contributed by atoms with E-state index >= 15 is 0 Å². The Morgan fingerprint density at radius 1 is 0.329 bits per heavy atom. The summed E-state index contributed by atoms with van der Waals surface area (Å²) in [5.41, 5.74) is 0. The molecule has 0 aliphatic heterocycles. The van der Waals surface area contributed by atoms with Crippen molar-refractivity contribution in [2.45, 2.75) is 284 Å². The van der Waals surface area contributed by atoms with Crippen molar-refractivity contribution in [1.29, 1.82) is 0 Å². The van der Waals surface area contributed by atoms with E-state index in [4.69, 9.17) is 14.2 Å². The van der Waals surface area contributed by atoms with Gasteiger partial charge in [0.2, 0.25) is 0 Å². The Labute approximate surface area is 434 Å². The molecule has 0 saturated heterocycles. The summed E-state index contributed by atoms with van der Waals surface area (Å²) < 4.78 is 17.5. The van der Waals surface area contributed by atoms with Crippen LogP contribution >= 0.6 is 0 Å². The summed E-state index contributed by atoms with van der Waals surface area (Å²) in [6.45, 7) is 7.65. The lowest BCUT2D eigenvalue weighted by atomic mass is 10.1. The highest BCUT2D eigenvalue weighted by Crippen LogP contribution is 2.14. The summed E-state index contributed by atoms with van der Waals surface area (Å²) >= 11 is 0. The maximum atomic E-state index is 12.9. The molecule has 0 aliphatic rings. The van der Waals surface area contributed by atoms with Crippen LogP contribution in [0.3, 0.4) is 0 Å². The van der Waals surface area contributed by atoms with Crippen molar-refractivity contribution in [1.82, 2.24) is 0 Å². The third kappa shape index (κ3) is 57.4. The fraction of sp³-hybridized carbons (Fsp3) is 0.723. The number of hydrogen-bond donors (Lipinski definition) is 0. The molecule has 1 atom stereocenters. The minimum Gasteiger partial charge on any atom is -0.462 e. The van der Waals surface area contributed by atoms with E-state index in [2.05, 4.69) is 118 Å². The number of unbranched alkanes of at least 4 members (excludes halogenated alkanes) is 27. The van der Waals surface area contributed by atoms with Gasteiger partial charge in [0.05, 0.1) is 6.61 Å². The lowest BCUT2D eigenvalue weighted by molar-refractivity contribution is -0.163. The summed E-state index contributed by atoms with van der Waals surface area (Å²) in [5, 5.41) is 0. The summed E-state index contributed by atoms with van der Waals surface area (Å²) in [6, 6.07) is 0. The first-order valence-corrected chi connectivity index (χ1v) is 29.8. The maximum absolute atomic E-state index is 12.9. The molecule has 402 valence electrons. The smallest absolute Gasteiger partial charge is 0.306 e. The van der Waals surface area contributed by atoms with Crippen LogP contribution in [0.4, 0.5) is 0 Å². The van der Waals surface area contributed by atoms with Crippen molar-refractivity contribution in [3.63, 3.8) is 0 Å². The van der Waals surface area contributed by atoms with Crippen molar-refractivity contribution < 1.29 is 23.8 Å². The number of ether oxygens (including phenoxy) is 3. The van der Waals surface area contributed by atoms with E-state index in [9.17, 15) is 9.59 Å². The highest BCUT2D eigenvalue weighted by molar-refractivity contribution is 5.70. The van der Waals surface area contributed by atoms with Gasteiger partial charge in [-0.1, -0.05) is 240 Å². The Hall–Kier alpha value is -3.18. The van der Waals surface area contributed by atoms with E-state index in [0.29, 0.717) is 19.4 Å². The molecule has 0 radical (unpaired) electrons. The maximum Gasteiger partial charge on any atom is 0.306 e. The van der Waals surface area contributed by atoms with Gasteiger partial charge in [0.25, 0.3) is 0 Å². The quantitative estimate of drug-likeness (QED) is 0.0345. The van der Waals surface area contributed by atoms with Crippen LogP contribution in [0.15, 0.2) is 97.2 Å². The van der Waals surface area contributed by atoms with Crippen LogP contribution in [0.25, 0.3) is 0 Å². The van der Waals surface area contributed by atoms with Crippen molar-refractivity contribution >= 4 is 11.9 Å². The highest BCUT2D eigenvalue weighted by atomic mass is 16.6.